The quantitative estimate of drug-likeness (QED) is 0.585. The molecule has 3 aromatic rings. The number of nitrogens with zero attached hydrogens (tertiary/aromatic N) is 4. The summed E-state index contributed by atoms with van der Waals surface area (Å²) in [6.07, 6.45) is 1.67. The Kier molecular flexibility index (Phi) is 4.23. The molecule has 0 bridgehead atoms. The first-order valence-corrected chi connectivity index (χ1v) is 8.97. The van der Waals surface area contributed by atoms with Gasteiger partial charge >= 0.3 is 0 Å². The number of nitrogens with one attached hydrogen (secondary N) is 1. The Hall–Kier alpha value is -2.95. The Morgan fingerprint density at radius 2 is 2.07 bits per heavy atom. The largest absolute Gasteiger partial charge is 0.454 e. The van der Waals surface area contributed by atoms with Gasteiger partial charge in [-0.25, -0.2) is 15.0 Å². The van der Waals surface area contributed by atoms with Crippen LogP contribution in [-0.2, 0) is 11.3 Å². The summed E-state index contributed by atoms with van der Waals surface area (Å²) in [4.78, 5) is 13.0. The zero-order chi connectivity index (χ0) is 19.1. The third-order valence-electron chi connectivity index (χ3n) is 4.95. The van der Waals surface area contributed by atoms with Gasteiger partial charge in [-0.1, -0.05) is 6.07 Å². The van der Waals surface area contributed by atoms with E-state index in [2.05, 4.69) is 20.3 Å². The lowest BCUT2D eigenvalue weighted by Gasteiger charge is -2.13. The van der Waals surface area contributed by atoms with Crippen LogP contribution in [0.3, 0.4) is 0 Å². The number of anilines is 1. The van der Waals surface area contributed by atoms with E-state index in [0.29, 0.717) is 29.9 Å². The minimum absolute atomic E-state index is 0.235. The SMILES string of the molecule is OC[C@H]1O[C@@H](n2cnc3c(NCc4ccc5c(c4)OCO5)ncnc32)C[C@@H]1O. The smallest absolute Gasteiger partial charge is 0.231 e. The van der Waals surface area contributed by atoms with Crippen molar-refractivity contribution < 1.29 is 24.4 Å². The predicted octanol–water partition coefficient (Wildman–Crippen LogP) is 0.808. The van der Waals surface area contributed by atoms with Crippen LogP contribution in [0.2, 0.25) is 0 Å². The monoisotopic (exact) mass is 385 g/mol. The molecule has 0 spiro atoms. The maximum atomic E-state index is 9.98. The van der Waals surface area contributed by atoms with Crippen molar-refractivity contribution in [2.45, 2.75) is 31.4 Å². The Bertz CT molecular complexity index is 1010. The zero-order valence-corrected chi connectivity index (χ0v) is 14.9. The van der Waals surface area contributed by atoms with Crippen LogP contribution in [0.25, 0.3) is 11.2 Å². The Morgan fingerprint density at radius 1 is 1.18 bits per heavy atom. The van der Waals surface area contributed by atoms with E-state index in [0.717, 1.165) is 17.1 Å². The highest BCUT2D eigenvalue weighted by atomic mass is 16.7. The van der Waals surface area contributed by atoms with E-state index in [1.165, 1.54) is 6.33 Å². The summed E-state index contributed by atoms with van der Waals surface area (Å²) < 4.78 is 18.2. The van der Waals surface area contributed by atoms with Gasteiger partial charge in [0.05, 0.1) is 19.0 Å². The number of aliphatic hydroxyl groups is 2. The van der Waals surface area contributed by atoms with Gasteiger partial charge in [0.2, 0.25) is 6.79 Å². The molecule has 1 aromatic carbocycles. The molecule has 10 heteroatoms. The van der Waals surface area contributed by atoms with E-state index in [1.807, 2.05) is 18.2 Å². The predicted molar refractivity (Wildman–Crippen MR) is 96.8 cm³/mol. The van der Waals surface area contributed by atoms with Crippen molar-refractivity contribution in [3.63, 3.8) is 0 Å². The molecule has 2 aromatic heterocycles. The molecule has 0 amide bonds. The number of hydrogen-bond acceptors (Lipinski definition) is 9. The van der Waals surface area contributed by atoms with Crippen molar-refractivity contribution in [2.24, 2.45) is 0 Å². The van der Waals surface area contributed by atoms with Gasteiger partial charge in [0.1, 0.15) is 18.7 Å². The normalized spacial score (nSPS) is 23.4. The summed E-state index contributed by atoms with van der Waals surface area (Å²) >= 11 is 0. The minimum atomic E-state index is -0.724. The maximum Gasteiger partial charge on any atom is 0.231 e. The van der Waals surface area contributed by atoms with Crippen molar-refractivity contribution in [3.05, 3.63) is 36.4 Å². The van der Waals surface area contributed by atoms with Gasteiger partial charge in [-0.15, -0.1) is 0 Å². The fourth-order valence-electron chi connectivity index (χ4n) is 3.48. The summed E-state index contributed by atoms with van der Waals surface area (Å²) in [6.45, 7) is 0.535. The van der Waals surface area contributed by atoms with Crippen LogP contribution in [-0.4, -0.2) is 55.3 Å². The number of benzene rings is 1. The highest BCUT2D eigenvalue weighted by Crippen LogP contribution is 2.33. The summed E-state index contributed by atoms with van der Waals surface area (Å²) in [5, 5.41) is 22.5. The molecular weight excluding hydrogens is 366 g/mol. The highest BCUT2D eigenvalue weighted by Gasteiger charge is 2.35. The lowest BCUT2D eigenvalue weighted by atomic mass is 10.2. The highest BCUT2D eigenvalue weighted by molar-refractivity contribution is 5.82. The molecule has 4 heterocycles. The van der Waals surface area contributed by atoms with Crippen molar-refractivity contribution in [2.75, 3.05) is 18.7 Å². The lowest BCUT2D eigenvalue weighted by molar-refractivity contribution is -0.0432. The molecule has 0 radical (unpaired) electrons. The van der Waals surface area contributed by atoms with Crippen LogP contribution in [0.5, 0.6) is 11.5 Å². The number of fused-ring (bicyclic) bond motifs is 2. The molecule has 3 N–H and O–H groups in total. The molecule has 1 saturated heterocycles. The van der Waals surface area contributed by atoms with Gasteiger partial charge in [0, 0.05) is 13.0 Å². The third-order valence-corrected chi connectivity index (χ3v) is 4.95. The second kappa shape index (κ2) is 6.89. The Balaban J connectivity index is 1.37. The maximum absolute atomic E-state index is 9.98. The first kappa shape index (κ1) is 17.2. The molecule has 2 aliphatic rings. The van der Waals surface area contributed by atoms with Gasteiger partial charge in [0.15, 0.2) is 28.5 Å². The van der Waals surface area contributed by atoms with Gasteiger partial charge in [-0.05, 0) is 17.7 Å². The molecule has 5 rings (SSSR count). The molecule has 146 valence electrons. The molecule has 28 heavy (non-hydrogen) atoms. The van der Waals surface area contributed by atoms with Crippen LogP contribution < -0.4 is 14.8 Å². The van der Waals surface area contributed by atoms with Gasteiger partial charge in [0.25, 0.3) is 0 Å². The standard InChI is InChI=1S/C18H19N5O5/c24-6-14-11(25)4-15(28-14)23-8-22-16-17(20-7-21-18(16)23)19-5-10-1-2-12-13(3-10)27-9-26-12/h1-3,7-8,11,14-15,24-25H,4-6,9H2,(H,19,20,21)/t11-,14+,15+/m0/s1. The van der Waals surface area contributed by atoms with Gasteiger partial charge in [-0.2, -0.15) is 0 Å². The van der Waals surface area contributed by atoms with E-state index in [4.69, 9.17) is 14.2 Å². The average Bonchev–Trinajstić information content (AvgIpc) is 3.43. The van der Waals surface area contributed by atoms with Crippen molar-refractivity contribution in [1.29, 1.82) is 0 Å². The van der Waals surface area contributed by atoms with Crippen LogP contribution in [0.4, 0.5) is 5.82 Å². The second-order valence-electron chi connectivity index (χ2n) is 6.70. The topological polar surface area (TPSA) is 124 Å². The molecule has 0 saturated carbocycles. The van der Waals surface area contributed by atoms with E-state index in [9.17, 15) is 10.2 Å². The molecule has 3 atom stereocenters. The van der Waals surface area contributed by atoms with E-state index in [-0.39, 0.29) is 13.4 Å². The minimum Gasteiger partial charge on any atom is -0.454 e. The van der Waals surface area contributed by atoms with E-state index >= 15 is 0 Å². The number of hydrogen-bond donors (Lipinski definition) is 3. The zero-order valence-electron chi connectivity index (χ0n) is 14.9. The third kappa shape index (κ3) is 2.91. The lowest BCUT2D eigenvalue weighted by Crippen LogP contribution is -2.24. The van der Waals surface area contributed by atoms with Gasteiger partial charge < -0.3 is 29.7 Å². The van der Waals surface area contributed by atoms with Crippen LogP contribution in [0.1, 0.15) is 18.2 Å². The van der Waals surface area contributed by atoms with Crippen molar-refractivity contribution >= 4 is 17.0 Å². The van der Waals surface area contributed by atoms with Gasteiger partial charge in [-0.3, -0.25) is 4.57 Å². The number of ether oxygens (including phenoxy) is 3. The second-order valence-corrected chi connectivity index (χ2v) is 6.70. The van der Waals surface area contributed by atoms with E-state index in [1.54, 1.807) is 10.9 Å². The first-order chi connectivity index (χ1) is 13.7. The number of rotatable bonds is 5. The fraction of sp³-hybridized carbons (Fsp3) is 0.389. The summed E-state index contributed by atoms with van der Waals surface area (Å²) in [5.41, 5.74) is 2.22. The van der Waals surface area contributed by atoms with Crippen molar-refractivity contribution in [3.8, 4) is 11.5 Å². The molecule has 2 aliphatic heterocycles. The van der Waals surface area contributed by atoms with Crippen LogP contribution in [0.15, 0.2) is 30.9 Å². The first-order valence-electron chi connectivity index (χ1n) is 8.97. The molecule has 1 fully saturated rings. The Labute approximate surface area is 159 Å². The average molecular weight is 385 g/mol. The summed E-state index contributed by atoms with van der Waals surface area (Å²) in [7, 11) is 0. The number of aromatic nitrogens is 4. The number of aliphatic hydroxyl groups excluding tert-OH is 2. The van der Waals surface area contributed by atoms with Crippen LogP contribution in [0, 0.1) is 0 Å². The van der Waals surface area contributed by atoms with Crippen molar-refractivity contribution in [1.82, 2.24) is 19.5 Å². The number of imidazole rings is 1. The summed E-state index contributed by atoms with van der Waals surface area (Å²) in [6, 6.07) is 5.76. The van der Waals surface area contributed by atoms with E-state index < -0.39 is 18.4 Å². The molecule has 0 unspecified atom stereocenters. The summed E-state index contributed by atoms with van der Waals surface area (Å²) in [5.74, 6) is 2.07. The molecule has 10 nitrogen and oxygen atoms in total. The molecular formula is C18H19N5O5. The Morgan fingerprint density at radius 3 is 2.93 bits per heavy atom. The fourth-order valence-corrected chi connectivity index (χ4v) is 3.48. The molecule has 0 aliphatic carbocycles. The van der Waals surface area contributed by atoms with Crippen LogP contribution >= 0.6 is 0 Å².